The van der Waals surface area contributed by atoms with E-state index in [0.717, 1.165) is 12.0 Å². The minimum atomic E-state index is -0.429. The quantitative estimate of drug-likeness (QED) is 0.741. The SMILES string of the molecule is CCCOCCNC(=O)[C@H](c1ccc(F)cc1)N(C)C. The second kappa shape index (κ2) is 8.66. The molecule has 20 heavy (non-hydrogen) atoms. The molecule has 0 bridgehead atoms. The van der Waals surface area contributed by atoms with Crippen LogP contribution in [0.2, 0.25) is 0 Å². The van der Waals surface area contributed by atoms with Crippen LogP contribution in [0.5, 0.6) is 0 Å². The van der Waals surface area contributed by atoms with Gasteiger partial charge >= 0.3 is 0 Å². The first-order valence-corrected chi connectivity index (χ1v) is 6.83. The molecule has 1 N–H and O–H groups in total. The van der Waals surface area contributed by atoms with Crippen molar-refractivity contribution >= 4 is 5.91 Å². The lowest BCUT2D eigenvalue weighted by molar-refractivity contribution is -0.126. The zero-order valence-corrected chi connectivity index (χ0v) is 12.4. The van der Waals surface area contributed by atoms with Crippen molar-refractivity contribution < 1.29 is 13.9 Å². The van der Waals surface area contributed by atoms with Crippen LogP contribution in [0.25, 0.3) is 0 Å². The monoisotopic (exact) mass is 282 g/mol. The van der Waals surface area contributed by atoms with Gasteiger partial charge in [-0.3, -0.25) is 9.69 Å². The molecule has 1 rings (SSSR count). The third kappa shape index (κ3) is 5.27. The second-order valence-electron chi connectivity index (χ2n) is 4.82. The predicted octanol–water partition coefficient (Wildman–Crippen LogP) is 1.97. The molecule has 5 heteroatoms. The minimum Gasteiger partial charge on any atom is -0.380 e. The highest BCUT2D eigenvalue weighted by molar-refractivity contribution is 5.83. The van der Waals surface area contributed by atoms with Gasteiger partial charge in [0.25, 0.3) is 0 Å². The molecule has 1 aromatic carbocycles. The fourth-order valence-corrected chi connectivity index (χ4v) is 1.92. The summed E-state index contributed by atoms with van der Waals surface area (Å²) >= 11 is 0. The summed E-state index contributed by atoms with van der Waals surface area (Å²) in [5, 5.41) is 2.84. The average Bonchev–Trinajstić information content (AvgIpc) is 2.40. The molecule has 0 aliphatic heterocycles. The Balaban J connectivity index is 2.57. The Morgan fingerprint density at radius 2 is 1.95 bits per heavy atom. The molecule has 0 aliphatic rings. The van der Waals surface area contributed by atoms with Crippen molar-refractivity contribution in [2.75, 3.05) is 33.9 Å². The largest absolute Gasteiger partial charge is 0.380 e. The number of ether oxygens (including phenoxy) is 1. The summed E-state index contributed by atoms with van der Waals surface area (Å²) in [7, 11) is 3.64. The zero-order chi connectivity index (χ0) is 15.0. The number of halogens is 1. The molecule has 0 saturated heterocycles. The van der Waals surface area contributed by atoms with E-state index in [9.17, 15) is 9.18 Å². The summed E-state index contributed by atoms with van der Waals surface area (Å²) in [6.07, 6.45) is 0.962. The Kier molecular flexibility index (Phi) is 7.18. The summed E-state index contributed by atoms with van der Waals surface area (Å²) in [4.78, 5) is 14.0. The lowest BCUT2D eigenvalue weighted by Gasteiger charge is -2.23. The summed E-state index contributed by atoms with van der Waals surface area (Å²) in [5.41, 5.74) is 0.767. The number of carbonyl (C=O) groups excluding carboxylic acids is 1. The molecule has 112 valence electrons. The van der Waals surface area contributed by atoms with E-state index >= 15 is 0 Å². The Hall–Kier alpha value is -1.46. The van der Waals surface area contributed by atoms with Crippen molar-refractivity contribution in [2.24, 2.45) is 0 Å². The van der Waals surface area contributed by atoms with Crippen molar-refractivity contribution in [2.45, 2.75) is 19.4 Å². The van der Waals surface area contributed by atoms with Crippen LogP contribution < -0.4 is 5.32 Å². The predicted molar refractivity (Wildman–Crippen MR) is 76.9 cm³/mol. The maximum atomic E-state index is 12.9. The van der Waals surface area contributed by atoms with Crippen LogP contribution in [-0.2, 0) is 9.53 Å². The molecule has 0 heterocycles. The molecule has 0 aliphatic carbocycles. The number of nitrogens with one attached hydrogen (secondary N) is 1. The fraction of sp³-hybridized carbons (Fsp3) is 0.533. The van der Waals surface area contributed by atoms with E-state index in [4.69, 9.17) is 4.74 Å². The minimum absolute atomic E-state index is 0.110. The topological polar surface area (TPSA) is 41.6 Å². The third-order valence-corrected chi connectivity index (χ3v) is 2.84. The molecule has 0 fully saturated rings. The highest BCUT2D eigenvalue weighted by Crippen LogP contribution is 2.18. The molecule has 1 atom stereocenters. The van der Waals surface area contributed by atoms with Gasteiger partial charge in [-0.05, 0) is 38.2 Å². The van der Waals surface area contributed by atoms with Gasteiger partial charge in [0.15, 0.2) is 0 Å². The van der Waals surface area contributed by atoms with Crippen LogP contribution in [-0.4, -0.2) is 44.7 Å². The van der Waals surface area contributed by atoms with Crippen LogP contribution >= 0.6 is 0 Å². The van der Waals surface area contributed by atoms with Crippen LogP contribution in [0.15, 0.2) is 24.3 Å². The number of nitrogens with zero attached hydrogens (tertiary/aromatic N) is 1. The van der Waals surface area contributed by atoms with E-state index in [1.165, 1.54) is 12.1 Å². The molecular weight excluding hydrogens is 259 g/mol. The fourth-order valence-electron chi connectivity index (χ4n) is 1.92. The van der Waals surface area contributed by atoms with Gasteiger partial charge in [0, 0.05) is 13.2 Å². The Morgan fingerprint density at radius 3 is 2.50 bits per heavy atom. The number of hydrogen-bond donors (Lipinski definition) is 1. The van der Waals surface area contributed by atoms with Gasteiger partial charge in [0.2, 0.25) is 5.91 Å². The molecule has 0 unspecified atom stereocenters. The third-order valence-electron chi connectivity index (χ3n) is 2.84. The van der Waals surface area contributed by atoms with Gasteiger partial charge in [0.1, 0.15) is 11.9 Å². The maximum absolute atomic E-state index is 12.9. The summed E-state index contributed by atoms with van der Waals surface area (Å²) in [5.74, 6) is -0.415. The van der Waals surface area contributed by atoms with E-state index in [2.05, 4.69) is 5.32 Å². The molecule has 0 aromatic heterocycles. The maximum Gasteiger partial charge on any atom is 0.242 e. The molecule has 0 radical (unpaired) electrons. The molecule has 1 aromatic rings. The van der Waals surface area contributed by atoms with E-state index in [1.807, 2.05) is 21.0 Å². The van der Waals surface area contributed by atoms with Gasteiger partial charge in [-0.2, -0.15) is 0 Å². The molecule has 0 spiro atoms. The van der Waals surface area contributed by atoms with Crippen molar-refractivity contribution in [1.29, 1.82) is 0 Å². The second-order valence-corrected chi connectivity index (χ2v) is 4.82. The van der Waals surface area contributed by atoms with Crippen LogP contribution in [0, 0.1) is 5.82 Å². The highest BCUT2D eigenvalue weighted by atomic mass is 19.1. The molecule has 1 amide bonds. The highest BCUT2D eigenvalue weighted by Gasteiger charge is 2.22. The molecule has 0 saturated carbocycles. The van der Waals surface area contributed by atoms with E-state index < -0.39 is 6.04 Å². The van der Waals surface area contributed by atoms with Gasteiger partial charge in [-0.15, -0.1) is 0 Å². The summed E-state index contributed by atoms with van der Waals surface area (Å²) in [6.45, 7) is 3.72. The first kappa shape index (κ1) is 16.6. The lowest BCUT2D eigenvalue weighted by atomic mass is 10.1. The van der Waals surface area contributed by atoms with Crippen molar-refractivity contribution in [3.05, 3.63) is 35.6 Å². The van der Waals surface area contributed by atoms with Crippen molar-refractivity contribution in [3.63, 3.8) is 0 Å². The summed E-state index contributed by atoms with van der Waals surface area (Å²) < 4.78 is 18.3. The smallest absolute Gasteiger partial charge is 0.242 e. The van der Waals surface area contributed by atoms with Crippen LogP contribution in [0.1, 0.15) is 24.9 Å². The lowest BCUT2D eigenvalue weighted by Crippen LogP contribution is -2.38. The first-order chi connectivity index (χ1) is 9.56. The van der Waals surface area contributed by atoms with Crippen molar-refractivity contribution in [3.8, 4) is 0 Å². The van der Waals surface area contributed by atoms with Gasteiger partial charge in [-0.1, -0.05) is 19.1 Å². The van der Waals surface area contributed by atoms with Crippen molar-refractivity contribution in [1.82, 2.24) is 10.2 Å². The average molecular weight is 282 g/mol. The van der Waals surface area contributed by atoms with E-state index in [0.29, 0.717) is 19.8 Å². The Labute approximate surface area is 119 Å². The number of amides is 1. The van der Waals surface area contributed by atoms with Gasteiger partial charge in [0.05, 0.1) is 6.61 Å². The van der Waals surface area contributed by atoms with E-state index in [1.54, 1.807) is 17.0 Å². The van der Waals surface area contributed by atoms with E-state index in [-0.39, 0.29) is 11.7 Å². The Morgan fingerprint density at radius 1 is 1.30 bits per heavy atom. The number of benzene rings is 1. The van der Waals surface area contributed by atoms with Gasteiger partial charge in [-0.25, -0.2) is 4.39 Å². The number of rotatable bonds is 8. The number of likely N-dealkylation sites (N-methyl/N-ethyl adjacent to an activating group) is 1. The van der Waals surface area contributed by atoms with Crippen LogP contribution in [0.3, 0.4) is 0 Å². The number of hydrogen-bond acceptors (Lipinski definition) is 3. The molecular formula is C15H23FN2O2. The standard InChI is InChI=1S/C15H23FN2O2/c1-4-10-20-11-9-17-15(19)14(18(2)3)12-5-7-13(16)8-6-12/h5-8,14H,4,9-11H2,1-3H3,(H,17,19)/t14-/m0/s1. The number of carbonyl (C=O) groups is 1. The summed E-state index contributed by atoms with van der Waals surface area (Å²) in [6, 6.07) is 5.56. The zero-order valence-electron chi connectivity index (χ0n) is 12.4. The first-order valence-electron chi connectivity index (χ1n) is 6.83. The Bertz CT molecular complexity index is 407. The van der Waals surface area contributed by atoms with Gasteiger partial charge < -0.3 is 10.1 Å². The van der Waals surface area contributed by atoms with Crippen LogP contribution in [0.4, 0.5) is 4.39 Å². The normalized spacial score (nSPS) is 12.4. The molecule has 4 nitrogen and oxygen atoms in total.